The highest BCUT2D eigenvalue weighted by atomic mass is 32.2. The smallest absolute Gasteiger partial charge is 0.226 e. The summed E-state index contributed by atoms with van der Waals surface area (Å²) in [6.07, 6.45) is 0. The molecule has 0 aliphatic heterocycles. The third kappa shape index (κ3) is 6.60. The van der Waals surface area contributed by atoms with Gasteiger partial charge in [0, 0.05) is 23.7 Å². The van der Waals surface area contributed by atoms with E-state index < -0.39 is 0 Å². The van der Waals surface area contributed by atoms with Crippen LogP contribution in [0.2, 0.25) is 0 Å². The molecule has 6 nitrogen and oxygen atoms in total. The Morgan fingerprint density at radius 3 is 2.35 bits per heavy atom. The maximum absolute atomic E-state index is 13.0. The highest BCUT2D eigenvalue weighted by molar-refractivity contribution is 8.02. The molecule has 1 heterocycles. The molecule has 0 radical (unpaired) electrons. The summed E-state index contributed by atoms with van der Waals surface area (Å²) in [5, 5.41) is 14.5. The second kappa shape index (κ2) is 10.5. The van der Waals surface area contributed by atoms with Gasteiger partial charge in [-0.1, -0.05) is 49.1 Å². The minimum absolute atomic E-state index is 0.0252. The fraction of sp³-hybridized carbons (Fsp3) is 0.273. The van der Waals surface area contributed by atoms with E-state index in [1.807, 2.05) is 20.8 Å². The maximum Gasteiger partial charge on any atom is 0.226 e. The first-order valence-corrected chi connectivity index (χ1v) is 11.4. The van der Waals surface area contributed by atoms with Crippen molar-refractivity contribution < 1.29 is 14.0 Å². The summed E-state index contributed by atoms with van der Waals surface area (Å²) in [6, 6.07) is 13.1. The molecule has 0 fully saturated rings. The molecule has 3 aromatic rings. The van der Waals surface area contributed by atoms with Gasteiger partial charge in [-0.25, -0.2) is 4.39 Å². The number of carbonyl (C=O) groups is 2. The van der Waals surface area contributed by atoms with Gasteiger partial charge >= 0.3 is 0 Å². The summed E-state index contributed by atoms with van der Waals surface area (Å²) < 4.78 is 13.7. The van der Waals surface area contributed by atoms with Gasteiger partial charge in [0.25, 0.3) is 0 Å². The van der Waals surface area contributed by atoms with Crippen molar-refractivity contribution in [2.75, 3.05) is 10.6 Å². The molecule has 1 amide bonds. The predicted octanol–water partition coefficient (Wildman–Crippen LogP) is 5.25. The molecule has 9 heteroatoms. The van der Waals surface area contributed by atoms with Crippen LogP contribution in [-0.2, 0) is 11.3 Å². The standard InChI is InChI=1S/C22H23FN4O2S2/c1-13(2)20(29)25-18-10-6-16(7-11-18)19(28)14(3)30-22-27-26-21(31-22)24-12-15-4-8-17(23)9-5-15/h4-11,13-14H,12H2,1-3H3,(H,24,26)(H,25,29). The van der Waals surface area contributed by atoms with Crippen molar-refractivity contribution >= 4 is 45.6 Å². The van der Waals surface area contributed by atoms with Crippen LogP contribution in [0.5, 0.6) is 0 Å². The first kappa shape index (κ1) is 22.9. The van der Waals surface area contributed by atoms with Gasteiger partial charge in [0.05, 0.1) is 5.25 Å². The zero-order valence-corrected chi connectivity index (χ0v) is 19.0. The third-order valence-corrected chi connectivity index (χ3v) is 6.44. The van der Waals surface area contributed by atoms with Crippen molar-refractivity contribution in [2.24, 2.45) is 5.92 Å². The number of carbonyl (C=O) groups excluding carboxylic acids is 2. The number of Topliss-reactive ketones (excluding diaryl/α,β-unsaturated/α-hetero) is 1. The summed E-state index contributed by atoms with van der Waals surface area (Å²) in [5.41, 5.74) is 2.17. The normalized spacial score (nSPS) is 11.9. The van der Waals surface area contributed by atoms with Gasteiger partial charge < -0.3 is 10.6 Å². The summed E-state index contributed by atoms with van der Waals surface area (Å²) in [4.78, 5) is 24.5. The fourth-order valence-electron chi connectivity index (χ4n) is 2.55. The number of benzene rings is 2. The summed E-state index contributed by atoms with van der Waals surface area (Å²) in [6.45, 7) is 5.98. The Labute approximate surface area is 188 Å². The molecule has 0 bridgehead atoms. The van der Waals surface area contributed by atoms with Crippen LogP contribution in [0.3, 0.4) is 0 Å². The van der Waals surface area contributed by atoms with Crippen LogP contribution in [-0.4, -0.2) is 27.1 Å². The topological polar surface area (TPSA) is 84.0 Å². The lowest BCUT2D eigenvalue weighted by Gasteiger charge is -2.10. The zero-order chi connectivity index (χ0) is 22.4. The highest BCUT2D eigenvalue weighted by Gasteiger charge is 2.19. The van der Waals surface area contributed by atoms with E-state index in [2.05, 4.69) is 20.8 Å². The van der Waals surface area contributed by atoms with E-state index in [0.29, 0.717) is 27.3 Å². The van der Waals surface area contributed by atoms with Gasteiger partial charge in [-0.3, -0.25) is 9.59 Å². The van der Waals surface area contributed by atoms with Crippen LogP contribution < -0.4 is 10.6 Å². The highest BCUT2D eigenvalue weighted by Crippen LogP contribution is 2.30. The fourth-order valence-corrected chi connectivity index (χ4v) is 4.52. The quantitative estimate of drug-likeness (QED) is 0.337. The Bertz CT molecular complexity index is 1040. The number of thioether (sulfide) groups is 1. The van der Waals surface area contributed by atoms with E-state index in [4.69, 9.17) is 0 Å². The Balaban J connectivity index is 1.53. The number of hydrogen-bond acceptors (Lipinski definition) is 7. The second-order valence-corrected chi connectivity index (χ2v) is 9.76. The lowest BCUT2D eigenvalue weighted by atomic mass is 10.1. The molecule has 0 aliphatic carbocycles. The van der Waals surface area contributed by atoms with Crippen molar-refractivity contribution in [3.63, 3.8) is 0 Å². The summed E-state index contributed by atoms with van der Waals surface area (Å²) in [7, 11) is 0. The molecule has 162 valence electrons. The van der Waals surface area contributed by atoms with Crippen molar-refractivity contribution in [3.05, 3.63) is 65.5 Å². The van der Waals surface area contributed by atoms with E-state index in [0.717, 1.165) is 5.56 Å². The Morgan fingerprint density at radius 1 is 1.03 bits per heavy atom. The number of nitrogens with one attached hydrogen (secondary N) is 2. The van der Waals surface area contributed by atoms with Gasteiger partial charge in [-0.2, -0.15) is 0 Å². The number of aromatic nitrogens is 2. The van der Waals surface area contributed by atoms with Gasteiger partial charge in [0.1, 0.15) is 5.82 Å². The predicted molar refractivity (Wildman–Crippen MR) is 123 cm³/mol. The molecule has 0 aliphatic rings. The number of hydrogen-bond donors (Lipinski definition) is 2. The number of nitrogens with zero attached hydrogens (tertiary/aromatic N) is 2. The molecule has 0 saturated carbocycles. The molecule has 1 aromatic heterocycles. The first-order valence-electron chi connectivity index (χ1n) is 9.75. The van der Waals surface area contributed by atoms with Gasteiger partial charge in [-0.05, 0) is 48.9 Å². The van der Waals surface area contributed by atoms with Crippen molar-refractivity contribution in [1.29, 1.82) is 0 Å². The molecule has 3 rings (SSSR count). The van der Waals surface area contributed by atoms with Crippen LogP contribution in [0.15, 0.2) is 52.9 Å². The molecular weight excluding hydrogens is 435 g/mol. The Morgan fingerprint density at radius 2 is 1.71 bits per heavy atom. The van der Waals surface area contributed by atoms with E-state index >= 15 is 0 Å². The van der Waals surface area contributed by atoms with Gasteiger partial charge in [0.15, 0.2) is 10.1 Å². The summed E-state index contributed by atoms with van der Waals surface area (Å²) >= 11 is 2.71. The average Bonchev–Trinajstić information content (AvgIpc) is 3.20. The summed E-state index contributed by atoms with van der Waals surface area (Å²) in [5.74, 6) is -0.475. The molecule has 1 atom stereocenters. The average molecular weight is 459 g/mol. The monoisotopic (exact) mass is 458 g/mol. The van der Waals surface area contributed by atoms with Crippen molar-refractivity contribution in [3.8, 4) is 0 Å². The molecule has 0 spiro atoms. The van der Waals surface area contributed by atoms with E-state index in [1.54, 1.807) is 36.4 Å². The third-order valence-electron chi connectivity index (χ3n) is 4.37. The maximum atomic E-state index is 13.0. The molecule has 31 heavy (non-hydrogen) atoms. The Kier molecular flexibility index (Phi) is 7.75. The number of halogens is 1. The number of amides is 1. The van der Waals surface area contributed by atoms with E-state index in [-0.39, 0.29) is 28.7 Å². The zero-order valence-electron chi connectivity index (χ0n) is 17.4. The minimum Gasteiger partial charge on any atom is -0.356 e. The number of ketones is 1. The largest absolute Gasteiger partial charge is 0.356 e. The second-order valence-electron chi connectivity index (χ2n) is 7.20. The lowest BCUT2D eigenvalue weighted by Crippen LogP contribution is -2.18. The first-order chi connectivity index (χ1) is 14.8. The van der Waals surface area contributed by atoms with Crippen LogP contribution >= 0.6 is 23.1 Å². The SMILES string of the molecule is CC(C)C(=O)Nc1ccc(C(=O)C(C)Sc2nnc(NCc3ccc(F)cc3)s2)cc1. The molecule has 1 unspecified atom stereocenters. The molecule has 0 saturated heterocycles. The molecular formula is C22H23FN4O2S2. The molecule has 2 N–H and O–H groups in total. The number of rotatable bonds is 9. The lowest BCUT2D eigenvalue weighted by molar-refractivity contribution is -0.118. The van der Waals surface area contributed by atoms with Crippen LogP contribution in [0.4, 0.5) is 15.2 Å². The van der Waals surface area contributed by atoms with Gasteiger partial charge in [-0.15, -0.1) is 10.2 Å². The van der Waals surface area contributed by atoms with Gasteiger partial charge in [0.2, 0.25) is 11.0 Å². The van der Waals surface area contributed by atoms with Crippen LogP contribution in [0.25, 0.3) is 0 Å². The Hall–Kier alpha value is -2.78. The minimum atomic E-state index is -0.339. The molecule has 2 aromatic carbocycles. The van der Waals surface area contributed by atoms with Crippen molar-refractivity contribution in [1.82, 2.24) is 10.2 Å². The van der Waals surface area contributed by atoms with E-state index in [1.165, 1.54) is 35.2 Å². The number of anilines is 2. The van der Waals surface area contributed by atoms with E-state index in [9.17, 15) is 14.0 Å². The van der Waals surface area contributed by atoms with Crippen LogP contribution in [0.1, 0.15) is 36.7 Å². The van der Waals surface area contributed by atoms with Crippen molar-refractivity contribution in [2.45, 2.75) is 36.9 Å². The van der Waals surface area contributed by atoms with Crippen LogP contribution in [0, 0.1) is 11.7 Å².